The van der Waals surface area contributed by atoms with E-state index in [1.807, 2.05) is 13.0 Å². The number of aryl methyl sites for hydroxylation is 1. The molecule has 3 heterocycles. The number of hydrogen-bond acceptors (Lipinski definition) is 3. The van der Waals surface area contributed by atoms with Gasteiger partial charge in [-0.3, -0.25) is 13.9 Å². The highest BCUT2D eigenvalue weighted by atomic mass is 19.4. The molecule has 6 nitrogen and oxygen atoms in total. The summed E-state index contributed by atoms with van der Waals surface area (Å²) in [6, 6.07) is 8.21. The van der Waals surface area contributed by atoms with Gasteiger partial charge in [-0.25, -0.2) is 9.78 Å². The Morgan fingerprint density at radius 3 is 2.55 bits per heavy atom. The number of amides is 1. The normalized spacial score (nSPS) is 15.5. The summed E-state index contributed by atoms with van der Waals surface area (Å²) in [5, 5.41) is 0. The predicted molar refractivity (Wildman–Crippen MR) is 110 cm³/mol. The third-order valence-electron chi connectivity index (χ3n) is 5.87. The molecule has 9 heteroatoms. The van der Waals surface area contributed by atoms with Crippen LogP contribution >= 0.6 is 0 Å². The van der Waals surface area contributed by atoms with E-state index in [4.69, 9.17) is 0 Å². The molecule has 164 valence electrons. The van der Waals surface area contributed by atoms with Crippen molar-refractivity contribution in [2.45, 2.75) is 39.0 Å². The Kier molecular flexibility index (Phi) is 5.60. The molecule has 0 atom stereocenters. The van der Waals surface area contributed by atoms with Crippen molar-refractivity contribution in [1.82, 2.24) is 19.0 Å². The fourth-order valence-electron chi connectivity index (χ4n) is 4.20. The minimum atomic E-state index is -4.48. The monoisotopic (exact) mass is 432 g/mol. The number of carbonyl (C=O) groups excluding carboxylic acids is 1. The van der Waals surface area contributed by atoms with Crippen LogP contribution in [0.4, 0.5) is 13.2 Å². The van der Waals surface area contributed by atoms with Gasteiger partial charge in [-0.2, -0.15) is 13.2 Å². The van der Waals surface area contributed by atoms with Crippen molar-refractivity contribution in [2.24, 2.45) is 5.92 Å². The Morgan fingerprint density at radius 1 is 1.13 bits per heavy atom. The van der Waals surface area contributed by atoms with Gasteiger partial charge in [0, 0.05) is 37.9 Å². The van der Waals surface area contributed by atoms with E-state index in [1.54, 1.807) is 26.3 Å². The molecular weight excluding hydrogens is 409 g/mol. The van der Waals surface area contributed by atoms with E-state index in [9.17, 15) is 22.8 Å². The molecule has 0 radical (unpaired) electrons. The lowest BCUT2D eigenvalue weighted by atomic mass is 9.96. The van der Waals surface area contributed by atoms with Gasteiger partial charge < -0.3 is 4.90 Å². The molecule has 0 N–H and O–H groups in total. The second kappa shape index (κ2) is 8.20. The quantitative estimate of drug-likeness (QED) is 0.630. The molecular formula is C22H23F3N4O2. The van der Waals surface area contributed by atoms with Crippen LogP contribution in [0.1, 0.15) is 35.7 Å². The molecule has 1 aliphatic rings. The molecule has 31 heavy (non-hydrogen) atoms. The van der Waals surface area contributed by atoms with E-state index < -0.39 is 17.6 Å². The second-order valence-corrected chi connectivity index (χ2v) is 7.80. The van der Waals surface area contributed by atoms with E-state index in [2.05, 4.69) is 4.98 Å². The molecule has 1 fully saturated rings. The molecule has 1 saturated heterocycles. The van der Waals surface area contributed by atoms with Gasteiger partial charge in [-0.1, -0.05) is 6.07 Å². The summed E-state index contributed by atoms with van der Waals surface area (Å²) in [5.41, 5.74) is 0.565. The van der Waals surface area contributed by atoms with Crippen molar-refractivity contribution in [2.75, 3.05) is 13.1 Å². The zero-order chi connectivity index (χ0) is 22.2. The van der Waals surface area contributed by atoms with Crippen molar-refractivity contribution in [3.63, 3.8) is 0 Å². The minimum absolute atomic E-state index is 0.0414. The molecule has 3 aromatic rings. The summed E-state index contributed by atoms with van der Waals surface area (Å²) in [7, 11) is 0. The van der Waals surface area contributed by atoms with Gasteiger partial charge in [0.1, 0.15) is 0 Å². The standard InChI is InChI=1S/C22H23F3N4O2/c1-2-28-18-7-4-10-26-19(18)29(21(28)31)14-15-8-11-27(12-9-15)20(30)16-5-3-6-17(13-16)22(23,24)25/h3-7,10,13,15H,2,8-9,11-12,14H2,1H3. The Balaban J connectivity index is 1.45. The van der Waals surface area contributed by atoms with Crippen LogP contribution in [0.2, 0.25) is 0 Å². The van der Waals surface area contributed by atoms with Gasteiger partial charge in [-0.05, 0) is 56.0 Å². The smallest absolute Gasteiger partial charge is 0.339 e. The zero-order valence-electron chi connectivity index (χ0n) is 17.1. The number of nitrogens with zero attached hydrogens (tertiary/aromatic N) is 4. The molecule has 0 aliphatic carbocycles. The van der Waals surface area contributed by atoms with Crippen molar-refractivity contribution >= 4 is 17.1 Å². The molecule has 2 aromatic heterocycles. The fraction of sp³-hybridized carbons (Fsp3) is 0.409. The van der Waals surface area contributed by atoms with Gasteiger partial charge >= 0.3 is 11.9 Å². The number of rotatable bonds is 4. The van der Waals surface area contributed by atoms with Gasteiger partial charge in [-0.15, -0.1) is 0 Å². The Labute approximate surface area is 176 Å². The number of pyridine rings is 1. The Hall–Kier alpha value is -3.10. The lowest BCUT2D eigenvalue weighted by Gasteiger charge is -2.32. The van der Waals surface area contributed by atoms with E-state index in [0.717, 1.165) is 17.6 Å². The number of halogens is 3. The summed E-state index contributed by atoms with van der Waals surface area (Å²) in [5.74, 6) is -0.216. The number of carbonyl (C=O) groups is 1. The predicted octanol–water partition coefficient (Wildman–Crippen LogP) is 3.79. The Morgan fingerprint density at radius 2 is 1.87 bits per heavy atom. The molecule has 4 rings (SSSR count). The fourth-order valence-corrected chi connectivity index (χ4v) is 4.20. The third-order valence-corrected chi connectivity index (χ3v) is 5.87. The first-order chi connectivity index (χ1) is 14.8. The van der Waals surface area contributed by atoms with Crippen molar-refractivity contribution in [3.05, 3.63) is 64.2 Å². The maximum Gasteiger partial charge on any atom is 0.416 e. The zero-order valence-corrected chi connectivity index (χ0v) is 17.1. The summed E-state index contributed by atoms with van der Waals surface area (Å²) in [6.07, 6.45) is -1.48. The largest absolute Gasteiger partial charge is 0.416 e. The summed E-state index contributed by atoms with van der Waals surface area (Å²) in [4.78, 5) is 31.5. The van der Waals surface area contributed by atoms with Crippen LogP contribution in [-0.2, 0) is 19.3 Å². The SMILES string of the molecule is CCn1c(=O)n(CC2CCN(C(=O)c3cccc(C(F)(F)F)c3)CC2)c2ncccc21. The maximum atomic E-state index is 12.9. The van der Waals surface area contributed by atoms with Gasteiger partial charge in [0.25, 0.3) is 5.91 Å². The average molecular weight is 432 g/mol. The Bertz CT molecular complexity index is 1160. The lowest BCUT2D eigenvalue weighted by molar-refractivity contribution is -0.137. The molecule has 1 amide bonds. The summed E-state index contributed by atoms with van der Waals surface area (Å²) < 4.78 is 42.2. The van der Waals surface area contributed by atoms with Crippen molar-refractivity contribution in [1.29, 1.82) is 0 Å². The number of hydrogen-bond donors (Lipinski definition) is 0. The first-order valence-corrected chi connectivity index (χ1v) is 10.3. The highest BCUT2D eigenvalue weighted by molar-refractivity contribution is 5.94. The van der Waals surface area contributed by atoms with Crippen LogP contribution in [0.3, 0.4) is 0 Å². The second-order valence-electron chi connectivity index (χ2n) is 7.80. The minimum Gasteiger partial charge on any atom is -0.339 e. The highest BCUT2D eigenvalue weighted by Gasteiger charge is 2.32. The first-order valence-electron chi connectivity index (χ1n) is 10.3. The number of aromatic nitrogens is 3. The van der Waals surface area contributed by atoms with E-state index >= 15 is 0 Å². The third kappa shape index (κ3) is 4.08. The van der Waals surface area contributed by atoms with Crippen LogP contribution in [0.15, 0.2) is 47.4 Å². The average Bonchev–Trinajstić information content (AvgIpc) is 3.04. The van der Waals surface area contributed by atoms with E-state index in [0.29, 0.717) is 44.7 Å². The summed E-state index contributed by atoms with van der Waals surface area (Å²) in [6.45, 7) is 3.85. The maximum absolute atomic E-state index is 12.9. The van der Waals surface area contributed by atoms with Gasteiger partial charge in [0.05, 0.1) is 11.1 Å². The molecule has 1 aromatic carbocycles. The number of imidazole rings is 1. The lowest BCUT2D eigenvalue weighted by Crippen LogP contribution is -2.40. The van der Waals surface area contributed by atoms with E-state index in [1.165, 1.54) is 12.1 Å². The number of likely N-dealkylation sites (tertiary alicyclic amines) is 1. The number of piperidine rings is 1. The number of fused-ring (bicyclic) bond motifs is 1. The number of benzene rings is 1. The molecule has 0 spiro atoms. The molecule has 1 aliphatic heterocycles. The highest BCUT2D eigenvalue weighted by Crippen LogP contribution is 2.30. The van der Waals surface area contributed by atoms with Crippen LogP contribution in [-0.4, -0.2) is 38.0 Å². The molecule has 0 bridgehead atoms. The van der Waals surface area contributed by atoms with Crippen LogP contribution < -0.4 is 5.69 Å². The van der Waals surface area contributed by atoms with E-state index in [-0.39, 0.29) is 17.2 Å². The molecule has 0 unspecified atom stereocenters. The van der Waals surface area contributed by atoms with Gasteiger partial charge in [0.2, 0.25) is 0 Å². The van der Waals surface area contributed by atoms with Crippen LogP contribution in [0.5, 0.6) is 0 Å². The summed E-state index contributed by atoms with van der Waals surface area (Å²) >= 11 is 0. The van der Waals surface area contributed by atoms with Crippen LogP contribution in [0.25, 0.3) is 11.2 Å². The van der Waals surface area contributed by atoms with Crippen molar-refractivity contribution in [3.8, 4) is 0 Å². The first kappa shape index (κ1) is 21.1. The topological polar surface area (TPSA) is 60.1 Å². The number of alkyl halides is 3. The van der Waals surface area contributed by atoms with Crippen molar-refractivity contribution < 1.29 is 18.0 Å². The van der Waals surface area contributed by atoms with Crippen LogP contribution in [0, 0.1) is 5.92 Å². The van der Waals surface area contributed by atoms with Gasteiger partial charge in [0.15, 0.2) is 5.65 Å². The molecule has 0 saturated carbocycles.